The number of rotatable bonds is 3. The molecule has 1 aliphatic rings. The van der Waals surface area contributed by atoms with Crippen LogP contribution in [0.25, 0.3) is 0 Å². The fourth-order valence-corrected chi connectivity index (χ4v) is 1.67. The third kappa shape index (κ3) is 3.73. The predicted octanol–water partition coefficient (Wildman–Crippen LogP) is -0.0899. The molecule has 0 aromatic rings. The van der Waals surface area contributed by atoms with E-state index in [1.165, 1.54) is 4.90 Å². The van der Waals surface area contributed by atoms with Crippen molar-refractivity contribution in [1.29, 1.82) is 0 Å². The van der Waals surface area contributed by atoms with Gasteiger partial charge in [-0.05, 0) is 6.42 Å². The van der Waals surface area contributed by atoms with Crippen molar-refractivity contribution in [2.75, 3.05) is 13.1 Å². The van der Waals surface area contributed by atoms with Crippen molar-refractivity contribution in [3.05, 3.63) is 11.6 Å². The minimum absolute atomic E-state index is 0.0589. The summed E-state index contributed by atoms with van der Waals surface area (Å²) < 4.78 is 37.0. The van der Waals surface area contributed by atoms with Crippen LogP contribution in [0.1, 0.15) is 12.8 Å². The van der Waals surface area contributed by atoms with E-state index < -0.39 is 29.6 Å². The summed E-state index contributed by atoms with van der Waals surface area (Å²) in [5.41, 5.74) is 9.68. The number of halogens is 3. The second-order valence-corrected chi connectivity index (χ2v) is 4.04. The van der Waals surface area contributed by atoms with Crippen molar-refractivity contribution in [1.82, 2.24) is 4.90 Å². The SMILES string of the molecule is NC(=O)CC(N)C(=O)N1CC=C(C(F)(F)F)CC1. The van der Waals surface area contributed by atoms with Crippen molar-refractivity contribution in [2.24, 2.45) is 11.5 Å². The average Bonchev–Trinajstić information content (AvgIpc) is 2.26. The molecule has 0 aromatic heterocycles. The van der Waals surface area contributed by atoms with Gasteiger partial charge in [-0.25, -0.2) is 0 Å². The lowest BCUT2D eigenvalue weighted by Gasteiger charge is -2.29. The van der Waals surface area contributed by atoms with Crippen molar-refractivity contribution in [3.63, 3.8) is 0 Å². The molecule has 8 heteroatoms. The van der Waals surface area contributed by atoms with Gasteiger partial charge in [0.25, 0.3) is 0 Å². The molecule has 102 valence electrons. The molecular formula is C10H14F3N3O2. The molecule has 0 aromatic carbocycles. The van der Waals surface area contributed by atoms with Crippen LogP contribution >= 0.6 is 0 Å². The normalized spacial score (nSPS) is 18.2. The predicted molar refractivity (Wildman–Crippen MR) is 57.1 cm³/mol. The van der Waals surface area contributed by atoms with Crippen LogP contribution in [-0.4, -0.2) is 42.0 Å². The van der Waals surface area contributed by atoms with Crippen LogP contribution in [0.15, 0.2) is 11.6 Å². The molecule has 1 heterocycles. The summed E-state index contributed by atoms with van der Waals surface area (Å²) in [4.78, 5) is 23.4. The van der Waals surface area contributed by atoms with Crippen LogP contribution in [0.5, 0.6) is 0 Å². The topological polar surface area (TPSA) is 89.4 Å². The second-order valence-electron chi connectivity index (χ2n) is 4.04. The van der Waals surface area contributed by atoms with Crippen molar-refractivity contribution >= 4 is 11.8 Å². The maximum Gasteiger partial charge on any atom is 0.412 e. The molecule has 1 atom stereocenters. The molecule has 5 nitrogen and oxygen atoms in total. The first-order chi connectivity index (χ1) is 8.21. The fraction of sp³-hybridized carbons (Fsp3) is 0.600. The maximum absolute atomic E-state index is 12.3. The monoisotopic (exact) mass is 265 g/mol. The van der Waals surface area contributed by atoms with Gasteiger partial charge in [-0.3, -0.25) is 9.59 Å². The summed E-state index contributed by atoms with van der Waals surface area (Å²) in [5, 5.41) is 0. The molecule has 0 radical (unpaired) electrons. The molecule has 2 amide bonds. The minimum Gasteiger partial charge on any atom is -0.370 e. The van der Waals surface area contributed by atoms with Crippen molar-refractivity contribution < 1.29 is 22.8 Å². The Bertz CT molecular complexity index is 379. The lowest BCUT2D eigenvalue weighted by molar-refractivity contribution is -0.135. The van der Waals surface area contributed by atoms with Gasteiger partial charge >= 0.3 is 6.18 Å². The highest BCUT2D eigenvalue weighted by molar-refractivity contribution is 5.87. The Kier molecular flexibility index (Phi) is 4.33. The van der Waals surface area contributed by atoms with E-state index in [2.05, 4.69) is 0 Å². The number of primary amides is 1. The Balaban J connectivity index is 2.60. The number of nitrogens with two attached hydrogens (primary N) is 2. The fourth-order valence-electron chi connectivity index (χ4n) is 1.67. The molecule has 0 saturated carbocycles. The number of alkyl halides is 3. The summed E-state index contributed by atoms with van der Waals surface area (Å²) in [7, 11) is 0. The van der Waals surface area contributed by atoms with Gasteiger partial charge in [0.05, 0.1) is 12.5 Å². The van der Waals surface area contributed by atoms with Crippen LogP contribution < -0.4 is 11.5 Å². The summed E-state index contributed by atoms with van der Waals surface area (Å²) in [6.45, 7) is -0.212. The highest BCUT2D eigenvalue weighted by Gasteiger charge is 2.36. The molecular weight excluding hydrogens is 251 g/mol. The van der Waals surface area contributed by atoms with Crippen LogP contribution in [-0.2, 0) is 9.59 Å². The Hall–Kier alpha value is -1.57. The molecule has 0 aliphatic carbocycles. The number of hydrogen-bond acceptors (Lipinski definition) is 3. The van der Waals surface area contributed by atoms with Gasteiger partial charge in [-0.2, -0.15) is 13.2 Å². The van der Waals surface area contributed by atoms with Crippen molar-refractivity contribution in [2.45, 2.75) is 25.1 Å². The maximum atomic E-state index is 12.3. The molecule has 0 bridgehead atoms. The van der Waals surface area contributed by atoms with E-state index in [0.29, 0.717) is 0 Å². The smallest absolute Gasteiger partial charge is 0.370 e. The van der Waals surface area contributed by atoms with Gasteiger partial charge in [-0.1, -0.05) is 6.08 Å². The van der Waals surface area contributed by atoms with Gasteiger partial charge in [0.1, 0.15) is 0 Å². The molecule has 1 unspecified atom stereocenters. The van der Waals surface area contributed by atoms with E-state index in [0.717, 1.165) is 6.08 Å². The number of amides is 2. The largest absolute Gasteiger partial charge is 0.412 e. The molecule has 4 N–H and O–H groups in total. The van der Waals surface area contributed by atoms with Crippen LogP contribution in [0, 0.1) is 0 Å². The van der Waals surface area contributed by atoms with Crippen molar-refractivity contribution in [3.8, 4) is 0 Å². The van der Waals surface area contributed by atoms with E-state index in [-0.39, 0.29) is 25.9 Å². The highest BCUT2D eigenvalue weighted by Crippen LogP contribution is 2.30. The van der Waals surface area contributed by atoms with Crippen LogP contribution in [0.3, 0.4) is 0 Å². The number of carbonyl (C=O) groups excluding carboxylic acids is 2. The lowest BCUT2D eigenvalue weighted by atomic mass is 10.1. The van der Waals surface area contributed by atoms with Crippen LogP contribution in [0.2, 0.25) is 0 Å². The molecule has 18 heavy (non-hydrogen) atoms. The quantitative estimate of drug-likeness (QED) is 0.699. The Morgan fingerprint density at radius 2 is 2.06 bits per heavy atom. The van der Waals surface area contributed by atoms with Gasteiger partial charge < -0.3 is 16.4 Å². The number of nitrogens with zero attached hydrogens (tertiary/aromatic N) is 1. The minimum atomic E-state index is -4.36. The van der Waals surface area contributed by atoms with E-state index in [1.54, 1.807) is 0 Å². The first-order valence-corrected chi connectivity index (χ1v) is 5.30. The van der Waals surface area contributed by atoms with Gasteiger partial charge in [0.15, 0.2) is 0 Å². The summed E-state index contributed by atoms with van der Waals surface area (Å²) in [6, 6.07) is -1.09. The molecule has 0 spiro atoms. The standard InChI is InChI=1S/C10H14F3N3O2/c11-10(12,13)6-1-3-16(4-2-6)9(18)7(14)5-8(15)17/h1,7H,2-5,14H2,(H2,15,17). The van der Waals surface area contributed by atoms with Crippen LogP contribution in [0.4, 0.5) is 13.2 Å². The van der Waals surface area contributed by atoms with E-state index in [4.69, 9.17) is 11.5 Å². The first-order valence-electron chi connectivity index (χ1n) is 5.30. The zero-order valence-corrected chi connectivity index (χ0v) is 9.54. The molecule has 0 saturated heterocycles. The Morgan fingerprint density at radius 1 is 1.44 bits per heavy atom. The molecule has 1 rings (SSSR count). The molecule has 0 fully saturated rings. The van der Waals surface area contributed by atoms with Gasteiger partial charge in [0, 0.05) is 18.7 Å². The van der Waals surface area contributed by atoms with Gasteiger partial charge in [-0.15, -0.1) is 0 Å². The average molecular weight is 265 g/mol. The van der Waals surface area contributed by atoms with E-state index in [9.17, 15) is 22.8 Å². The Labute approximate surface area is 102 Å². The summed E-state index contributed by atoms with van der Waals surface area (Å²) in [5.74, 6) is -1.29. The zero-order valence-electron chi connectivity index (χ0n) is 9.54. The number of carbonyl (C=O) groups is 2. The number of hydrogen-bond donors (Lipinski definition) is 2. The zero-order chi connectivity index (χ0) is 13.9. The highest BCUT2D eigenvalue weighted by atomic mass is 19.4. The first kappa shape index (κ1) is 14.5. The Morgan fingerprint density at radius 3 is 2.44 bits per heavy atom. The molecule has 1 aliphatic heterocycles. The third-order valence-electron chi connectivity index (χ3n) is 2.62. The second kappa shape index (κ2) is 5.38. The van der Waals surface area contributed by atoms with E-state index in [1.807, 2.05) is 0 Å². The van der Waals surface area contributed by atoms with Gasteiger partial charge in [0.2, 0.25) is 11.8 Å². The third-order valence-corrected chi connectivity index (χ3v) is 2.62. The lowest BCUT2D eigenvalue weighted by Crippen LogP contribution is -2.47. The van der Waals surface area contributed by atoms with E-state index >= 15 is 0 Å². The summed E-state index contributed by atoms with van der Waals surface area (Å²) in [6.07, 6.45) is -3.98. The summed E-state index contributed by atoms with van der Waals surface area (Å²) >= 11 is 0.